The van der Waals surface area contributed by atoms with Crippen LogP contribution in [-0.2, 0) is 0 Å². The summed E-state index contributed by atoms with van der Waals surface area (Å²) in [4.78, 5) is 4.69. The molecule has 4 nitrogen and oxygen atoms in total. The number of nitrogens with zero attached hydrogens (tertiary/aromatic N) is 2. The number of nitrogens with two attached hydrogens (primary N) is 1. The average Bonchev–Trinajstić information content (AvgIpc) is 2.08. The van der Waals surface area contributed by atoms with Crippen LogP contribution < -0.4 is 5.73 Å². The van der Waals surface area contributed by atoms with Gasteiger partial charge in [0.2, 0.25) is 0 Å². The largest absolute Gasteiger partial charge is 0.388 e. The lowest BCUT2D eigenvalue weighted by atomic mass is 9.75. The highest BCUT2D eigenvalue weighted by molar-refractivity contribution is 5.77. The van der Waals surface area contributed by atoms with E-state index in [1.165, 1.54) is 19.3 Å². The van der Waals surface area contributed by atoms with Crippen LogP contribution in [0.4, 0.5) is 0 Å². The van der Waals surface area contributed by atoms with Crippen LogP contribution in [0.3, 0.4) is 0 Å². The molecule has 0 radical (unpaired) electrons. The van der Waals surface area contributed by atoms with Gasteiger partial charge in [-0.2, -0.15) is 0 Å². The van der Waals surface area contributed by atoms with E-state index >= 15 is 0 Å². The lowest BCUT2D eigenvalue weighted by Crippen LogP contribution is -2.57. The lowest BCUT2D eigenvalue weighted by Gasteiger charge is -2.50. The highest BCUT2D eigenvalue weighted by Gasteiger charge is 2.40. The SMILES string of the molecule is CC(CC(=N)N)N(C)CC1(N(C)C)CCC1. The first-order chi connectivity index (χ1) is 7.37. The molecule has 1 aliphatic carbocycles. The Hall–Kier alpha value is -0.610. The van der Waals surface area contributed by atoms with E-state index in [1.54, 1.807) is 0 Å². The fourth-order valence-corrected chi connectivity index (χ4v) is 2.43. The summed E-state index contributed by atoms with van der Waals surface area (Å²) < 4.78 is 0. The Balaban J connectivity index is 2.49. The zero-order valence-electron chi connectivity index (χ0n) is 11.1. The van der Waals surface area contributed by atoms with Gasteiger partial charge in [0.15, 0.2) is 0 Å². The predicted molar refractivity (Wildman–Crippen MR) is 68.9 cm³/mol. The van der Waals surface area contributed by atoms with Gasteiger partial charge in [0, 0.05) is 24.5 Å². The number of nitrogens with one attached hydrogen (secondary N) is 1. The highest BCUT2D eigenvalue weighted by atomic mass is 15.2. The van der Waals surface area contributed by atoms with Crippen LogP contribution in [0.1, 0.15) is 32.6 Å². The van der Waals surface area contributed by atoms with Gasteiger partial charge in [-0.05, 0) is 47.3 Å². The third kappa shape index (κ3) is 2.95. The Morgan fingerprint density at radius 1 is 1.38 bits per heavy atom. The summed E-state index contributed by atoms with van der Waals surface area (Å²) in [6.45, 7) is 3.22. The third-order valence-electron chi connectivity index (χ3n) is 4.04. The van der Waals surface area contributed by atoms with Gasteiger partial charge < -0.3 is 15.5 Å². The fourth-order valence-electron chi connectivity index (χ4n) is 2.43. The lowest BCUT2D eigenvalue weighted by molar-refractivity contribution is 0.0189. The van der Waals surface area contributed by atoms with Crippen LogP contribution in [0.25, 0.3) is 0 Å². The Morgan fingerprint density at radius 2 is 1.94 bits per heavy atom. The first-order valence-corrected chi connectivity index (χ1v) is 6.08. The summed E-state index contributed by atoms with van der Waals surface area (Å²) in [6, 6.07) is 0.356. The summed E-state index contributed by atoms with van der Waals surface area (Å²) in [6.07, 6.45) is 4.58. The van der Waals surface area contributed by atoms with Crippen molar-refractivity contribution in [1.29, 1.82) is 5.41 Å². The van der Waals surface area contributed by atoms with Gasteiger partial charge in [-0.3, -0.25) is 5.41 Å². The second kappa shape index (κ2) is 5.15. The molecule has 0 amide bonds. The molecule has 0 heterocycles. The topological polar surface area (TPSA) is 56.4 Å². The Morgan fingerprint density at radius 3 is 2.25 bits per heavy atom. The fraction of sp³-hybridized carbons (Fsp3) is 0.917. The van der Waals surface area contributed by atoms with E-state index in [-0.39, 0.29) is 5.84 Å². The number of rotatable bonds is 6. The van der Waals surface area contributed by atoms with Gasteiger partial charge in [0.1, 0.15) is 0 Å². The molecule has 16 heavy (non-hydrogen) atoms. The molecule has 0 saturated heterocycles. The van der Waals surface area contributed by atoms with Gasteiger partial charge in [0.25, 0.3) is 0 Å². The molecule has 1 aliphatic rings. The minimum Gasteiger partial charge on any atom is -0.388 e. The van der Waals surface area contributed by atoms with E-state index in [4.69, 9.17) is 11.1 Å². The van der Waals surface area contributed by atoms with Crippen molar-refractivity contribution in [1.82, 2.24) is 9.80 Å². The number of hydrogen-bond donors (Lipinski definition) is 2. The molecular weight excluding hydrogens is 200 g/mol. The number of amidine groups is 1. The Bertz CT molecular complexity index is 245. The average molecular weight is 226 g/mol. The second-order valence-corrected chi connectivity index (χ2v) is 5.47. The van der Waals surface area contributed by atoms with Crippen LogP contribution in [0.2, 0.25) is 0 Å². The summed E-state index contributed by atoms with van der Waals surface area (Å²) in [5.74, 6) is 0.284. The Labute approximate surface area is 99.3 Å². The Kier molecular flexibility index (Phi) is 4.33. The molecule has 4 heteroatoms. The van der Waals surface area contributed by atoms with Crippen molar-refractivity contribution in [2.24, 2.45) is 5.73 Å². The zero-order valence-corrected chi connectivity index (χ0v) is 11.1. The summed E-state index contributed by atoms with van der Waals surface area (Å²) >= 11 is 0. The first-order valence-electron chi connectivity index (χ1n) is 6.08. The van der Waals surface area contributed by atoms with E-state index in [1.807, 2.05) is 0 Å². The van der Waals surface area contributed by atoms with Gasteiger partial charge in [-0.15, -0.1) is 0 Å². The van der Waals surface area contributed by atoms with E-state index in [0.29, 0.717) is 18.0 Å². The molecule has 0 spiro atoms. The van der Waals surface area contributed by atoms with E-state index in [2.05, 4.69) is 37.9 Å². The second-order valence-electron chi connectivity index (χ2n) is 5.47. The molecule has 0 aromatic carbocycles. The molecule has 0 aromatic heterocycles. The smallest absolute Gasteiger partial charge is 0.0920 e. The van der Waals surface area contributed by atoms with Crippen molar-refractivity contribution in [3.63, 3.8) is 0 Å². The summed E-state index contributed by atoms with van der Waals surface area (Å²) in [5, 5.41) is 7.33. The number of likely N-dealkylation sites (N-methyl/N-ethyl adjacent to an activating group) is 2. The van der Waals surface area contributed by atoms with E-state index < -0.39 is 0 Å². The standard InChI is InChI=1S/C12H26N4/c1-10(8-11(13)14)16(4)9-12(15(2)3)6-5-7-12/h10H,5-9H2,1-4H3,(H3,13,14). The van der Waals surface area contributed by atoms with Crippen molar-refractivity contribution in [3.05, 3.63) is 0 Å². The van der Waals surface area contributed by atoms with Crippen LogP contribution in [-0.4, -0.2) is 54.9 Å². The molecule has 94 valence electrons. The van der Waals surface area contributed by atoms with Crippen LogP contribution in [0.5, 0.6) is 0 Å². The molecule has 1 saturated carbocycles. The summed E-state index contributed by atoms with van der Waals surface area (Å²) in [5.41, 5.74) is 5.81. The van der Waals surface area contributed by atoms with Crippen LogP contribution in [0, 0.1) is 5.41 Å². The van der Waals surface area contributed by atoms with E-state index in [9.17, 15) is 0 Å². The minimum absolute atomic E-state index is 0.284. The normalized spacial score (nSPS) is 20.9. The molecule has 1 fully saturated rings. The first kappa shape index (κ1) is 13.5. The van der Waals surface area contributed by atoms with Gasteiger partial charge in [-0.25, -0.2) is 0 Å². The van der Waals surface area contributed by atoms with Crippen molar-refractivity contribution >= 4 is 5.84 Å². The molecule has 0 bridgehead atoms. The van der Waals surface area contributed by atoms with Crippen molar-refractivity contribution in [2.45, 2.75) is 44.2 Å². The van der Waals surface area contributed by atoms with Gasteiger partial charge >= 0.3 is 0 Å². The van der Waals surface area contributed by atoms with Gasteiger partial charge in [-0.1, -0.05) is 0 Å². The molecule has 0 aliphatic heterocycles. The maximum atomic E-state index is 7.33. The van der Waals surface area contributed by atoms with Crippen molar-refractivity contribution < 1.29 is 0 Å². The van der Waals surface area contributed by atoms with Crippen LogP contribution >= 0.6 is 0 Å². The maximum Gasteiger partial charge on any atom is 0.0920 e. The van der Waals surface area contributed by atoms with Gasteiger partial charge in [0.05, 0.1) is 5.84 Å². The van der Waals surface area contributed by atoms with E-state index in [0.717, 1.165) is 6.54 Å². The highest BCUT2D eigenvalue weighted by Crippen LogP contribution is 2.36. The zero-order chi connectivity index (χ0) is 12.3. The molecule has 3 N–H and O–H groups in total. The minimum atomic E-state index is 0.284. The number of hydrogen-bond acceptors (Lipinski definition) is 3. The predicted octanol–water partition coefficient (Wildman–Crippen LogP) is 1.12. The molecular formula is C12H26N4. The van der Waals surface area contributed by atoms with Crippen molar-refractivity contribution in [2.75, 3.05) is 27.7 Å². The molecule has 1 atom stereocenters. The molecule has 0 aromatic rings. The molecule has 1 unspecified atom stereocenters. The quantitative estimate of drug-likeness (QED) is 0.527. The third-order valence-corrected chi connectivity index (χ3v) is 4.04. The maximum absolute atomic E-state index is 7.33. The van der Waals surface area contributed by atoms with Crippen LogP contribution in [0.15, 0.2) is 0 Å². The summed E-state index contributed by atoms with van der Waals surface area (Å²) in [7, 11) is 6.47. The molecule has 1 rings (SSSR count). The van der Waals surface area contributed by atoms with Crippen molar-refractivity contribution in [3.8, 4) is 0 Å². The monoisotopic (exact) mass is 226 g/mol.